The average molecular weight is 373 g/mol. The van der Waals surface area contributed by atoms with Crippen molar-refractivity contribution in [3.63, 3.8) is 0 Å². The van der Waals surface area contributed by atoms with Gasteiger partial charge in [0.05, 0.1) is 30.1 Å². The van der Waals surface area contributed by atoms with E-state index < -0.39 is 18.0 Å². The molecule has 1 aromatic carbocycles. The fourth-order valence-corrected chi connectivity index (χ4v) is 2.60. The van der Waals surface area contributed by atoms with Crippen LogP contribution in [0.1, 0.15) is 35.9 Å². The Morgan fingerprint density at radius 1 is 1.22 bits per heavy atom. The Morgan fingerprint density at radius 2 is 1.93 bits per heavy atom. The lowest BCUT2D eigenvalue weighted by atomic mass is 10.1. The van der Waals surface area contributed by atoms with E-state index in [0.717, 1.165) is 22.6 Å². The highest BCUT2D eigenvalue weighted by atomic mass is 16.5. The van der Waals surface area contributed by atoms with Gasteiger partial charge in [0.15, 0.2) is 6.10 Å². The normalized spacial score (nSPS) is 11.8. The van der Waals surface area contributed by atoms with Crippen LogP contribution in [0.5, 0.6) is 5.75 Å². The van der Waals surface area contributed by atoms with Gasteiger partial charge < -0.3 is 14.8 Å². The van der Waals surface area contributed by atoms with E-state index in [9.17, 15) is 9.59 Å². The Bertz CT molecular complexity index is 842. The molecule has 7 nitrogen and oxygen atoms in total. The van der Waals surface area contributed by atoms with Crippen LogP contribution in [0.15, 0.2) is 18.2 Å². The Morgan fingerprint density at radius 3 is 2.56 bits per heavy atom. The number of amides is 1. The summed E-state index contributed by atoms with van der Waals surface area (Å²) in [6.45, 7) is 9.33. The van der Waals surface area contributed by atoms with Crippen LogP contribution in [-0.2, 0) is 21.4 Å². The fourth-order valence-electron chi connectivity index (χ4n) is 2.60. The minimum Gasteiger partial charge on any atom is -0.493 e. The zero-order chi connectivity index (χ0) is 20.1. The first-order valence-corrected chi connectivity index (χ1v) is 8.89. The smallest absolute Gasteiger partial charge is 0.310 e. The molecule has 0 aliphatic rings. The largest absolute Gasteiger partial charge is 0.493 e. The van der Waals surface area contributed by atoms with E-state index in [1.165, 1.54) is 0 Å². The second-order valence-electron chi connectivity index (χ2n) is 6.66. The maximum atomic E-state index is 12.3. The molecule has 2 rings (SSSR count). The highest BCUT2D eigenvalue weighted by molar-refractivity contribution is 5.96. The van der Waals surface area contributed by atoms with Gasteiger partial charge in [-0.2, -0.15) is 5.10 Å². The molecule has 0 spiro atoms. The number of ether oxygens (including phenoxy) is 2. The van der Waals surface area contributed by atoms with E-state index in [2.05, 4.69) is 10.4 Å². The van der Waals surface area contributed by atoms with Gasteiger partial charge in [0, 0.05) is 7.05 Å². The van der Waals surface area contributed by atoms with Crippen LogP contribution in [0.4, 0.5) is 5.69 Å². The molecule has 7 heteroatoms. The van der Waals surface area contributed by atoms with Gasteiger partial charge in [-0.3, -0.25) is 14.3 Å². The van der Waals surface area contributed by atoms with Crippen LogP contribution in [0.2, 0.25) is 0 Å². The molecule has 1 N–H and O–H groups in total. The van der Waals surface area contributed by atoms with Gasteiger partial charge >= 0.3 is 5.97 Å². The summed E-state index contributed by atoms with van der Waals surface area (Å²) in [7, 11) is 1.80. The van der Waals surface area contributed by atoms with E-state index in [-0.39, 0.29) is 13.0 Å². The minimum absolute atomic E-state index is 0.0654. The Hall–Kier alpha value is -2.83. The number of benzene rings is 1. The fraction of sp³-hybridized carbons (Fsp3) is 0.450. The molecule has 0 saturated carbocycles. The van der Waals surface area contributed by atoms with Crippen molar-refractivity contribution in [2.45, 2.75) is 47.1 Å². The van der Waals surface area contributed by atoms with Crippen molar-refractivity contribution in [3.05, 3.63) is 40.7 Å². The summed E-state index contributed by atoms with van der Waals surface area (Å²) < 4.78 is 12.5. The van der Waals surface area contributed by atoms with Gasteiger partial charge in [-0.05, 0) is 51.8 Å². The molecule has 146 valence electrons. The zero-order valence-electron chi connectivity index (χ0n) is 16.8. The zero-order valence-corrected chi connectivity index (χ0v) is 16.8. The number of nitrogens with zero attached hydrogens (tertiary/aromatic N) is 2. The van der Waals surface area contributed by atoms with Crippen molar-refractivity contribution >= 4 is 17.6 Å². The summed E-state index contributed by atoms with van der Waals surface area (Å²) in [5.41, 5.74) is 4.28. The molecule has 1 aromatic heterocycles. The molecule has 1 unspecified atom stereocenters. The molecule has 0 saturated heterocycles. The molecular weight excluding hydrogens is 346 g/mol. The Labute approximate surface area is 159 Å². The first-order valence-electron chi connectivity index (χ1n) is 8.89. The molecule has 2 aromatic rings. The first kappa shape index (κ1) is 20.5. The SMILES string of the molecule is Cc1ccc(C)c(OCCC(=O)OC(C)C(=O)Nc2c(C)nn(C)c2C)c1. The van der Waals surface area contributed by atoms with E-state index in [1.807, 2.05) is 45.9 Å². The predicted molar refractivity (Wildman–Crippen MR) is 103 cm³/mol. The van der Waals surface area contributed by atoms with Crippen molar-refractivity contribution in [1.82, 2.24) is 9.78 Å². The lowest BCUT2D eigenvalue weighted by Gasteiger charge is -2.14. The molecule has 0 bridgehead atoms. The van der Waals surface area contributed by atoms with Gasteiger partial charge in [0.1, 0.15) is 5.75 Å². The number of aryl methyl sites for hydroxylation is 4. The van der Waals surface area contributed by atoms with E-state index in [4.69, 9.17) is 9.47 Å². The van der Waals surface area contributed by atoms with Crippen molar-refractivity contribution in [2.75, 3.05) is 11.9 Å². The number of anilines is 1. The van der Waals surface area contributed by atoms with Crippen molar-refractivity contribution in [2.24, 2.45) is 7.05 Å². The number of aromatic nitrogens is 2. The summed E-state index contributed by atoms with van der Waals surface area (Å²) in [5.74, 6) is -0.128. The van der Waals surface area contributed by atoms with Gasteiger partial charge in [0.2, 0.25) is 0 Å². The van der Waals surface area contributed by atoms with Gasteiger partial charge in [-0.15, -0.1) is 0 Å². The summed E-state index contributed by atoms with van der Waals surface area (Å²) in [6.07, 6.45) is -0.840. The third kappa shape index (κ3) is 5.32. The van der Waals surface area contributed by atoms with Crippen molar-refractivity contribution < 1.29 is 19.1 Å². The van der Waals surface area contributed by atoms with E-state index in [0.29, 0.717) is 11.4 Å². The lowest BCUT2D eigenvalue weighted by molar-refractivity contribution is -0.153. The molecule has 0 aliphatic carbocycles. The third-order valence-corrected chi connectivity index (χ3v) is 4.34. The van der Waals surface area contributed by atoms with Crippen LogP contribution < -0.4 is 10.1 Å². The summed E-state index contributed by atoms with van der Waals surface area (Å²) in [6, 6.07) is 5.90. The molecule has 0 radical (unpaired) electrons. The molecule has 0 fully saturated rings. The van der Waals surface area contributed by atoms with Crippen LogP contribution in [0.25, 0.3) is 0 Å². The summed E-state index contributed by atoms with van der Waals surface area (Å²) >= 11 is 0. The molecule has 1 atom stereocenters. The maximum absolute atomic E-state index is 12.3. The number of rotatable bonds is 7. The van der Waals surface area contributed by atoms with Crippen molar-refractivity contribution in [1.29, 1.82) is 0 Å². The summed E-state index contributed by atoms with van der Waals surface area (Å²) in [4.78, 5) is 24.3. The maximum Gasteiger partial charge on any atom is 0.310 e. The molecule has 1 heterocycles. The monoisotopic (exact) mass is 373 g/mol. The van der Waals surface area contributed by atoms with Gasteiger partial charge in [-0.1, -0.05) is 12.1 Å². The number of hydrogen-bond donors (Lipinski definition) is 1. The number of hydrogen-bond acceptors (Lipinski definition) is 5. The van der Waals surface area contributed by atoms with E-state index >= 15 is 0 Å². The average Bonchev–Trinajstić information content (AvgIpc) is 2.84. The number of esters is 1. The van der Waals surface area contributed by atoms with Gasteiger partial charge in [0.25, 0.3) is 5.91 Å². The number of nitrogens with one attached hydrogen (secondary N) is 1. The number of carbonyl (C=O) groups excluding carboxylic acids is 2. The van der Waals surface area contributed by atoms with Crippen LogP contribution >= 0.6 is 0 Å². The first-order chi connectivity index (χ1) is 12.7. The minimum atomic E-state index is -0.905. The quantitative estimate of drug-likeness (QED) is 0.755. The Balaban J connectivity index is 1.82. The topological polar surface area (TPSA) is 82.4 Å². The van der Waals surface area contributed by atoms with Crippen molar-refractivity contribution in [3.8, 4) is 5.75 Å². The standard InChI is InChI=1S/C20H27N3O4/c1-12-7-8-13(2)17(11-12)26-10-9-18(24)27-16(5)20(25)21-19-14(3)22-23(6)15(19)4/h7-8,11,16H,9-10H2,1-6H3,(H,21,25). The van der Waals surface area contributed by atoms with Crippen LogP contribution in [0.3, 0.4) is 0 Å². The van der Waals surface area contributed by atoms with Crippen LogP contribution in [0, 0.1) is 27.7 Å². The number of carbonyl (C=O) groups is 2. The van der Waals surface area contributed by atoms with Gasteiger partial charge in [-0.25, -0.2) is 0 Å². The highest BCUT2D eigenvalue weighted by Gasteiger charge is 2.20. The predicted octanol–water partition coefficient (Wildman–Crippen LogP) is 2.99. The molecule has 0 aliphatic heterocycles. The molecular formula is C20H27N3O4. The second-order valence-corrected chi connectivity index (χ2v) is 6.66. The highest BCUT2D eigenvalue weighted by Crippen LogP contribution is 2.20. The second kappa shape index (κ2) is 8.70. The Kier molecular flexibility index (Phi) is 6.60. The molecule has 27 heavy (non-hydrogen) atoms. The lowest BCUT2D eigenvalue weighted by Crippen LogP contribution is -2.30. The molecule has 1 amide bonds. The van der Waals surface area contributed by atoms with Crippen LogP contribution in [-0.4, -0.2) is 34.4 Å². The summed E-state index contributed by atoms with van der Waals surface area (Å²) in [5, 5.41) is 7.01. The third-order valence-electron chi connectivity index (χ3n) is 4.34. The van der Waals surface area contributed by atoms with E-state index in [1.54, 1.807) is 18.7 Å².